The van der Waals surface area contributed by atoms with Crippen LogP contribution in [0, 0.1) is 48.7 Å². The molecular weight excluding hydrogens is 1810 g/mol. The molecule has 2 amide bonds. The fourth-order valence-corrected chi connectivity index (χ4v) is 29.6. The minimum Gasteiger partial charge on any atom is -0.481 e. The summed E-state index contributed by atoms with van der Waals surface area (Å²) in [5, 5.41) is 47.0. The molecule has 32 rings (SSSR count). The first-order valence-electron chi connectivity index (χ1n) is 57.0. The van der Waals surface area contributed by atoms with E-state index in [0.29, 0.717) is 48.3 Å². The van der Waals surface area contributed by atoms with Gasteiger partial charge in [0.2, 0.25) is 11.8 Å². The van der Waals surface area contributed by atoms with Crippen LogP contribution < -0.4 is 61.0 Å². The maximum Gasteiger partial charge on any atom is 0.312 e. The minimum absolute atomic E-state index is 0.0155. The summed E-state index contributed by atoms with van der Waals surface area (Å²) in [7, 11) is 3.66. The first kappa shape index (κ1) is 112. The zero-order chi connectivity index (χ0) is 103. The minimum atomic E-state index is -0.580. The third-order valence-electron chi connectivity index (χ3n) is 42.1. The Hall–Kier alpha value is -7.07. The summed E-state index contributed by atoms with van der Waals surface area (Å²) in [5.74, 6) is -0.708. The Balaban J connectivity index is 0.000000123. The van der Waals surface area contributed by atoms with Crippen LogP contribution in [0.15, 0.2) is 152 Å². The lowest BCUT2D eigenvalue weighted by Gasteiger charge is -2.53. The van der Waals surface area contributed by atoms with E-state index in [2.05, 4.69) is 166 Å². The maximum atomic E-state index is 12.2. The Morgan fingerprint density at radius 1 is 0.255 bits per heavy atom. The van der Waals surface area contributed by atoms with Gasteiger partial charge in [-0.1, -0.05) is 152 Å². The second-order valence-corrected chi connectivity index (χ2v) is 50.6. The highest BCUT2D eigenvalue weighted by molar-refractivity contribution is 5.82. The Labute approximate surface area is 869 Å². The fourth-order valence-electron chi connectivity index (χ4n) is 29.6. The van der Waals surface area contributed by atoms with Gasteiger partial charge in [0.25, 0.3) is 0 Å². The molecule has 27 aliphatic rings. The number of carboxylic acid groups (broad SMARTS) is 1. The van der Waals surface area contributed by atoms with Gasteiger partial charge in [0.15, 0.2) is 0 Å². The van der Waals surface area contributed by atoms with Crippen molar-refractivity contribution in [2.45, 2.75) is 443 Å². The van der Waals surface area contributed by atoms with E-state index < -0.39 is 11.4 Å². The highest BCUT2D eigenvalue weighted by Crippen LogP contribution is 2.60. The van der Waals surface area contributed by atoms with Crippen LogP contribution in [0.3, 0.4) is 0 Å². The van der Waals surface area contributed by atoms with Crippen LogP contribution in [0.4, 0.5) is 0 Å². The number of methoxy groups -OCH3 is 2. The van der Waals surface area contributed by atoms with Gasteiger partial charge in [-0.05, 0) is 410 Å². The van der Waals surface area contributed by atoms with Crippen molar-refractivity contribution in [2.24, 2.45) is 83.1 Å². The summed E-state index contributed by atoms with van der Waals surface area (Å²) >= 11 is 0. The van der Waals surface area contributed by atoms with Crippen molar-refractivity contribution in [1.82, 2.24) is 26.6 Å². The first-order chi connectivity index (χ1) is 69.5. The van der Waals surface area contributed by atoms with Crippen molar-refractivity contribution in [1.29, 1.82) is 0 Å². The monoisotopic (exact) mass is 2000 g/mol. The fraction of sp³-hybridized carbons (Fsp3) is 0.713. The summed E-state index contributed by atoms with van der Waals surface area (Å²) < 4.78 is 21.2. The second kappa shape index (κ2) is 47.9. The number of carbonyl (C=O) groups excluding carboxylic acids is 4. The Morgan fingerprint density at radius 3 is 0.628 bits per heavy atom. The van der Waals surface area contributed by atoms with Gasteiger partial charge in [0.1, 0.15) is 0 Å². The third-order valence-corrected chi connectivity index (χ3v) is 42.1. The highest BCUT2D eigenvalue weighted by Gasteiger charge is 2.59. The van der Waals surface area contributed by atoms with Crippen molar-refractivity contribution in [2.75, 3.05) is 53.9 Å². The molecule has 27 fully saturated rings. The SMILES string of the molecule is CCOC(=O)C12CCC(N)(CC1)CC2.CCOC(=O)C12CCC(NCc3ccccc3)(CC1)CC2.COCC12CCC(N)(CC1)CC2.COCC12CCC(NCc3ccccc3)(CC1)CC2.NC(=O)C12CCC(N)(CC1)CC2.NC(=O)C12CCC(NCc3ccccc3)(CC1)CC2.NC12CCC(CO)(CC1)CC2.O=C(O)C12CCC(NCc3ccccc3)(CC1)CC2.OCC12CCC(NCc3ccccc3)(CC1)CC2. The molecule has 0 heterocycles. The van der Waals surface area contributed by atoms with Crippen LogP contribution in [0.1, 0.15) is 388 Å². The van der Waals surface area contributed by atoms with E-state index in [1.54, 1.807) is 0 Å². The van der Waals surface area contributed by atoms with Gasteiger partial charge in [-0.3, -0.25) is 24.0 Å². The molecule has 23 heteroatoms. The molecule has 145 heavy (non-hydrogen) atoms. The van der Waals surface area contributed by atoms with E-state index in [4.69, 9.17) is 53.3 Å². The largest absolute Gasteiger partial charge is 0.481 e. The Morgan fingerprint density at radius 2 is 0.428 bits per heavy atom. The molecule has 27 saturated carbocycles. The van der Waals surface area contributed by atoms with Gasteiger partial charge >= 0.3 is 17.9 Å². The van der Waals surface area contributed by atoms with Crippen molar-refractivity contribution >= 4 is 29.7 Å². The Kier molecular flexibility index (Phi) is 37.0. The molecule has 0 unspecified atom stereocenters. The van der Waals surface area contributed by atoms with Crippen LogP contribution in [0.2, 0.25) is 0 Å². The number of fused-ring (bicyclic) bond motifs is 27. The Bertz CT molecular complexity index is 4650. The zero-order valence-corrected chi connectivity index (χ0v) is 89.4. The van der Waals surface area contributed by atoms with E-state index in [1.165, 1.54) is 143 Å². The smallest absolute Gasteiger partial charge is 0.312 e. The van der Waals surface area contributed by atoms with Crippen LogP contribution in [-0.2, 0) is 75.6 Å². The van der Waals surface area contributed by atoms with Gasteiger partial charge in [-0.2, -0.15) is 0 Å². The summed E-state index contributed by atoms with van der Waals surface area (Å²) in [6.45, 7) is 12.2. The van der Waals surface area contributed by atoms with Gasteiger partial charge in [-0.25, -0.2) is 0 Å². The normalized spacial score (nSPS) is 37.3. The topological polar surface area (TPSA) is 399 Å². The van der Waals surface area contributed by atoms with E-state index in [1.807, 2.05) is 40.2 Å². The zero-order valence-electron chi connectivity index (χ0n) is 89.4. The van der Waals surface area contributed by atoms with Crippen LogP contribution >= 0.6 is 0 Å². The molecule has 0 atom stereocenters. The number of ether oxygens (including phenoxy) is 4. The van der Waals surface area contributed by atoms with Gasteiger partial charge in [-0.15, -0.1) is 0 Å². The lowest BCUT2D eigenvalue weighted by molar-refractivity contribution is -0.163. The van der Waals surface area contributed by atoms with Crippen LogP contribution in [-0.4, -0.2) is 149 Å². The molecule has 802 valence electrons. The summed E-state index contributed by atoms with van der Waals surface area (Å²) in [4.78, 5) is 58.3. The van der Waals surface area contributed by atoms with Gasteiger partial charge in [0, 0.05) is 121 Å². The molecular formula is C122H187N11O12. The number of carbonyl (C=O) groups is 5. The summed E-state index contributed by atoms with van der Waals surface area (Å²) in [6, 6.07) is 52.9. The maximum absolute atomic E-state index is 12.2. The summed E-state index contributed by atoms with van der Waals surface area (Å²) in [6.07, 6.45) is 59.0. The van der Waals surface area contributed by atoms with Crippen molar-refractivity contribution in [3.05, 3.63) is 179 Å². The van der Waals surface area contributed by atoms with E-state index in [0.717, 1.165) is 277 Å². The number of esters is 2. The molecule has 0 radical (unpaired) electrons. The third kappa shape index (κ3) is 27.3. The van der Waals surface area contributed by atoms with E-state index in [9.17, 15) is 39.3 Å². The van der Waals surface area contributed by atoms with Crippen LogP contribution in [0.5, 0.6) is 0 Å². The van der Waals surface area contributed by atoms with Crippen LogP contribution in [0.25, 0.3) is 0 Å². The number of aliphatic hydroxyl groups is 2. The molecule has 5 aromatic carbocycles. The molecule has 0 aliphatic heterocycles. The van der Waals surface area contributed by atoms with Gasteiger partial charge in [0.05, 0.1) is 42.7 Å². The van der Waals surface area contributed by atoms with Crippen molar-refractivity contribution in [3.63, 3.8) is 0 Å². The number of aliphatic hydroxyl groups excluding tert-OH is 2. The number of hydrogen-bond donors (Lipinski definition) is 14. The quantitative estimate of drug-likeness (QED) is 0.0207. The number of nitrogens with one attached hydrogen (secondary N) is 5. The molecule has 27 aliphatic carbocycles. The average molecular weight is 2000 g/mol. The lowest BCUT2D eigenvalue weighted by atomic mass is 9.57. The molecule has 20 N–H and O–H groups in total. The number of carboxylic acids is 1. The van der Waals surface area contributed by atoms with E-state index in [-0.39, 0.29) is 95.0 Å². The second-order valence-electron chi connectivity index (χ2n) is 50.6. The molecule has 18 bridgehead atoms. The molecule has 0 aromatic heterocycles. The first-order valence-corrected chi connectivity index (χ1v) is 57.0. The van der Waals surface area contributed by atoms with Gasteiger partial charge < -0.3 is 95.3 Å². The number of benzene rings is 5. The predicted octanol–water partition coefficient (Wildman–Crippen LogP) is 20.0. The van der Waals surface area contributed by atoms with E-state index >= 15 is 0 Å². The van der Waals surface area contributed by atoms with Crippen molar-refractivity contribution in [3.8, 4) is 0 Å². The number of nitrogens with two attached hydrogens (primary N) is 6. The van der Waals surface area contributed by atoms with Crippen molar-refractivity contribution < 1.29 is 58.2 Å². The summed E-state index contributed by atoms with van der Waals surface area (Å²) in [5.41, 5.74) is 44.7. The molecule has 0 saturated heterocycles. The predicted molar refractivity (Wildman–Crippen MR) is 576 cm³/mol. The molecule has 23 nitrogen and oxygen atoms in total. The molecule has 5 aromatic rings. The number of hydrogen-bond acceptors (Lipinski definition) is 20. The standard InChI is InChI=1S/C18H25NO2.C17H25NO.C16H22N2O.C16H21NO2.C16H23NO.C11H19NO2.C10H19NO.C9H16N2O.C9H17NO/c1-2-21-16(20)17-8-11-18(12-9-17,13-10-17)19-14-15-6-4-3-5-7-15;1-19-14-16-7-10-17(11-8-16,12-9-16)18-13-15-5-3-2-4-6-15;17-14(19)15-6-9-16(10-7-15,11-8-15)18-12-13-4-2-1-3-5-13;18-14(19)15-6-9-16(10-7-15,11-8-15)17-12-13-4-2-1-3-5-13;18-13-15-6-9-16(10-7-15,11-8-15)17-12-14-4-2-1-3-5-14;1-2-14-9(13)10-3-6-11(12,7-4-10)8-5-10;1-12-8-9-2-5-10(11,6-3-9)7-4-9;10-7(12)8-1-4-9(11,5-2-8)6-3-8;10-9-4-1-8(7-11,2-5-9)3-6-9/h3-7,19H,2,8-14H2,1H3;2-6,18H,7-14H2,1H3;1-5,18H,6-12H2,(H2,17,19);1-5,17H,6-12H2,(H,18,19);1-5,17-18H,6-13H2;2-8,12H2,1H3;2-8,11H2,1H3;1-6,11H2,(H2,10,12);11H,1-7,10H2. The number of amides is 2. The average Bonchev–Trinajstić information content (AvgIpc) is 0.756. The number of primary amides is 2. The molecule has 0 spiro atoms. The lowest BCUT2D eigenvalue weighted by Crippen LogP contribution is -2.57. The highest BCUT2D eigenvalue weighted by atomic mass is 16.5. The number of rotatable bonds is 28. The number of aliphatic carboxylic acids is 1.